The molecule has 17 heavy (non-hydrogen) atoms. The van der Waals surface area contributed by atoms with Crippen molar-refractivity contribution in [3.63, 3.8) is 0 Å². The summed E-state index contributed by atoms with van der Waals surface area (Å²) in [7, 11) is 0. The summed E-state index contributed by atoms with van der Waals surface area (Å²) in [6.45, 7) is 6.16. The maximum atomic E-state index is 6.11. The minimum Gasteiger partial charge on any atom is -0.366 e. The summed E-state index contributed by atoms with van der Waals surface area (Å²) in [6.07, 6.45) is 3.99. The molecule has 0 aliphatic heterocycles. The lowest BCUT2D eigenvalue weighted by Crippen LogP contribution is -2.23. The van der Waals surface area contributed by atoms with Gasteiger partial charge in [0.2, 0.25) is 0 Å². The third-order valence-electron chi connectivity index (χ3n) is 2.65. The quantitative estimate of drug-likeness (QED) is 0.805. The molecular formula is C12H20ClN3S. The SMILES string of the molecule is CCc1nc(Cl)c(C)c(NC(CC)CSC)n1. The molecule has 0 aromatic carbocycles. The van der Waals surface area contributed by atoms with Crippen LogP contribution in [0.2, 0.25) is 5.15 Å². The minimum absolute atomic E-state index is 0.430. The van der Waals surface area contributed by atoms with E-state index in [1.165, 1.54) is 0 Å². The molecule has 1 unspecified atom stereocenters. The highest BCUT2D eigenvalue weighted by atomic mass is 35.5. The van der Waals surface area contributed by atoms with Gasteiger partial charge < -0.3 is 5.32 Å². The molecule has 1 aromatic heterocycles. The Balaban J connectivity index is 2.92. The standard InChI is InChI=1S/C12H20ClN3S/c1-5-9(7-17-4)14-12-8(3)11(13)15-10(6-2)16-12/h9H,5-7H2,1-4H3,(H,14,15,16). The van der Waals surface area contributed by atoms with E-state index < -0.39 is 0 Å². The fourth-order valence-corrected chi connectivity index (χ4v) is 2.40. The van der Waals surface area contributed by atoms with Crippen LogP contribution in [0, 0.1) is 6.92 Å². The number of halogens is 1. The zero-order chi connectivity index (χ0) is 12.8. The third-order valence-corrected chi connectivity index (χ3v) is 3.75. The Morgan fingerprint density at radius 1 is 1.35 bits per heavy atom. The Bertz CT molecular complexity index is 371. The highest BCUT2D eigenvalue weighted by molar-refractivity contribution is 7.98. The zero-order valence-electron chi connectivity index (χ0n) is 10.9. The van der Waals surface area contributed by atoms with Crippen LogP contribution < -0.4 is 5.32 Å². The second kappa shape index (κ2) is 7.07. The van der Waals surface area contributed by atoms with Gasteiger partial charge in [-0.1, -0.05) is 25.4 Å². The van der Waals surface area contributed by atoms with Crippen LogP contribution in [0.1, 0.15) is 31.7 Å². The smallest absolute Gasteiger partial charge is 0.137 e. The van der Waals surface area contributed by atoms with Gasteiger partial charge in [0, 0.05) is 23.8 Å². The number of nitrogens with one attached hydrogen (secondary N) is 1. The number of thioether (sulfide) groups is 1. The van der Waals surface area contributed by atoms with Gasteiger partial charge in [-0.25, -0.2) is 9.97 Å². The van der Waals surface area contributed by atoms with Gasteiger partial charge in [0.05, 0.1) is 0 Å². The summed E-state index contributed by atoms with van der Waals surface area (Å²) in [6, 6.07) is 0.430. The largest absolute Gasteiger partial charge is 0.366 e. The topological polar surface area (TPSA) is 37.8 Å². The molecule has 1 heterocycles. The van der Waals surface area contributed by atoms with E-state index in [2.05, 4.69) is 28.5 Å². The summed E-state index contributed by atoms with van der Waals surface area (Å²) in [4.78, 5) is 8.75. The second-order valence-corrected chi connectivity index (χ2v) is 5.23. The van der Waals surface area contributed by atoms with E-state index in [4.69, 9.17) is 11.6 Å². The van der Waals surface area contributed by atoms with Gasteiger partial charge in [0.25, 0.3) is 0 Å². The summed E-state index contributed by atoms with van der Waals surface area (Å²) < 4.78 is 0. The molecule has 0 spiro atoms. The maximum Gasteiger partial charge on any atom is 0.137 e. The number of aryl methyl sites for hydroxylation is 1. The van der Waals surface area contributed by atoms with Crippen molar-refractivity contribution in [2.45, 2.75) is 39.7 Å². The van der Waals surface area contributed by atoms with Gasteiger partial charge in [0.1, 0.15) is 16.8 Å². The first-order valence-electron chi connectivity index (χ1n) is 5.90. The lowest BCUT2D eigenvalue weighted by molar-refractivity contribution is 0.763. The minimum atomic E-state index is 0.430. The molecule has 0 amide bonds. The normalized spacial score (nSPS) is 12.5. The van der Waals surface area contributed by atoms with E-state index in [0.717, 1.165) is 35.8 Å². The van der Waals surface area contributed by atoms with Gasteiger partial charge in [-0.15, -0.1) is 0 Å². The van der Waals surface area contributed by atoms with Crippen molar-refractivity contribution in [2.75, 3.05) is 17.3 Å². The molecule has 0 fully saturated rings. The first kappa shape index (κ1) is 14.6. The van der Waals surface area contributed by atoms with Crippen LogP contribution in [0.3, 0.4) is 0 Å². The predicted molar refractivity (Wildman–Crippen MR) is 77.2 cm³/mol. The zero-order valence-corrected chi connectivity index (χ0v) is 12.5. The van der Waals surface area contributed by atoms with Crippen molar-refractivity contribution in [1.82, 2.24) is 9.97 Å². The molecule has 0 saturated heterocycles. The van der Waals surface area contributed by atoms with E-state index in [1.54, 1.807) is 0 Å². The number of hydrogen-bond acceptors (Lipinski definition) is 4. The molecule has 3 nitrogen and oxygen atoms in total. The van der Waals surface area contributed by atoms with Crippen molar-refractivity contribution in [3.8, 4) is 0 Å². The predicted octanol–water partition coefficient (Wildman–Crippen LogP) is 3.55. The molecule has 0 saturated carbocycles. The highest BCUT2D eigenvalue weighted by Crippen LogP contribution is 2.21. The molecule has 1 aromatic rings. The lowest BCUT2D eigenvalue weighted by atomic mass is 10.2. The molecule has 0 aliphatic carbocycles. The van der Waals surface area contributed by atoms with Crippen LogP contribution in [0.25, 0.3) is 0 Å². The molecule has 96 valence electrons. The lowest BCUT2D eigenvalue weighted by Gasteiger charge is -2.18. The van der Waals surface area contributed by atoms with Crippen molar-refractivity contribution in [3.05, 3.63) is 16.5 Å². The summed E-state index contributed by atoms with van der Waals surface area (Å²) in [5, 5.41) is 4.01. The average Bonchev–Trinajstić information content (AvgIpc) is 2.33. The van der Waals surface area contributed by atoms with Crippen LogP contribution in [0.5, 0.6) is 0 Å². The molecule has 1 N–H and O–H groups in total. The average molecular weight is 274 g/mol. The van der Waals surface area contributed by atoms with Crippen LogP contribution in [-0.2, 0) is 6.42 Å². The summed E-state index contributed by atoms with van der Waals surface area (Å²) >= 11 is 7.94. The van der Waals surface area contributed by atoms with Crippen molar-refractivity contribution >= 4 is 29.2 Å². The van der Waals surface area contributed by atoms with Gasteiger partial charge in [-0.05, 0) is 19.6 Å². The molecule has 1 atom stereocenters. The molecular weight excluding hydrogens is 254 g/mol. The number of rotatable bonds is 6. The van der Waals surface area contributed by atoms with Gasteiger partial charge >= 0.3 is 0 Å². The van der Waals surface area contributed by atoms with Gasteiger partial charge in [-0.2, -0.15) is 11.8 Å². The van der Waals surface area contributed by atoms with Crippen molar-refractivity contribution in [2.24, 2.45) is 0 Å². The van der Waals surface area contributed by atoms with Crippen LogP contribution in [0.4, 0.5) is 5.82 Å². The van der Waals surface area contributed by atoms with E-state index in [-0.39, 0.29) is 0 Å². The fourth-order valence-electron chi connectivity index (χ4n) is 1.49. The van der Waals surface area contributed by atoms with E-state index in [0.29, 0.717) is 11.2 Å². The van der Waals surface area contributed by atoms with Crippen LogP contribution in [0.15, 0.2) is 0 Å². The first-order chi connectivity index (χ1) is 8.12. The van der Waals surface area contributed by atoms with Gasteiger partial charge in [0.15, 0.2) is 0 Å². The number of hydrogen-bond donors (Lipinski definition) is 1. The molecule has 0 aliphatic rings. The van der Waals surface area contributed by atoms with Crippen molar-refractivity contribution in [1.29, 1.82) is 0 Å². The Morgan fingerprint density at radius 2 is 2.06 bits per heavy atom. The Kier molecular flexibility index (Phi) is 6.06. The monoisotopic (exact) mass is 273 g/mol. The Labute approximate surface area is 113 Å². The van der Waals surface area contributed by atoms with E-state index >= 15 is 0 Å². The first-order valence-corrected chi connectivity index (χ1v) is 7.68. The number of anilines is 1. The van der Waals surface area contributed by atoms with E-state index in [9.17, 15) is 0 Å². The Hall–Kier alpha value is -0.480. The van der Waals surface area contributed by atoms with E-state index in [1.807, 2.05) is 25.6 Å². The number of aromatic nitrogens is 2. The molecule has 1 rings (SSSR count). The second-order valence-electron chi connectivity index (χ2n) is 3.96. The molecule has 5 heteroatoms. The van der Waals surface area contributed by atoms with Gasteiger partial charge in [-0.3, -0.25) is 0 Å². The third kappa shape index (κ3) is 4.03. The summed E-state index contributed by atoms with van der Waals surface area (Å²) in [5.41, 5.74) is 0.934. The number of nitrogens with zero attached hydrogens (tertiary/aromatic N) is 2. The molecule has 0 bridgehead atoms. The maximum absolute atomic E-state index is 6.11. The van der Waals surface area contributed by atoms with Crippen LogP contribution in [-0.4, -0.2) is 28.0 Å². The highest BCUT2D eigenvalue weighted by Gasteiger charge is 2.12. The van der Waals surface area contributed by atoms with Crippen LogP contribution >= 0.6 is 23.4 Å². The Morgan fingerprint density at radius 3 is 2.59 bits per heavy atom. The van der Waals surface area contributed by atoms with Crippen molar-refractivity contribution < 1.29 is 0 Å². The summed E-state index contributed by atoms with van der Waals surface area (Å²) in [5.74, 6) is 2.74. The molecule has 0 radical (unpaired) electrons. The fraction of sp³-hybridized carbons (Fsp3) is 0.667.